The summed E-state index contributed by atoms with van der Waals surface area (Å²) in [6, 6.07) is 22.3. The average molecular weight is 1480 g/mol. The number of sulfonamides is 2. The number of non-ortho nitro benzene ring substituents is 2. The van der Waals surface area contributed by atoms with Crippen LogP contribution < -0.4 is 36.9 Å². The van der Waals surface area contributed by atoms with Gasteiger partial charge in [-0.15, -0.1) is 0 Å². The van der Waals surface area contributed by atoms with Crippen molar-refractivity contribution >= 4 is 90.2 Å². The number of rotatable bonds is 11. The van der Waals surface area contributed by atoms with Crippen LogP contribution in [0.2, 0.25) is 0 Å². The highest BCUT2D eigenvalue weighted by Gasteiger charge is 2.32. The van der Waals surface area contributed by atoms with Crippen LogP contribution in [0.1, 0.15) is 101 Å². The summed E-state index contributed by atoms with van der Waals surface area (Å²) in [4.78, 5) is 95.4. The van der Waals surface area contributed by atoms with E-state index in [1.54, 1.807) is 39.0 Å². The first-order valence-corrected chi connectivity index (χ1v) is 35.8. The molecule has 558 valence electrons. The Kier molecular flexibility index (Phi) is 31.5. The third-order valence-electron chi connectivity index (χ3n) is 14.9. The van der Waals surface area contributed by atoms with E-state index in [4.69, 9.17) is 51.5 Å². The minimum atomic E-state index is -3.57. The molecule has 5 saturated heterocycles. The lowest BCUT2D eigenvalue weighted by atomic mass is 10.1. The molecule has 0 radical (unpaired) electrons. The quantitative estimate of drug-likeness (QED) is 0.0307. The Morgan fingerprint density at radius 3 is 1.16 bits per heavy atom. The Morgan fingerprint density at radius 2 is 0.822 bits per heavy atom. The molecule has 5 aliphatic heterocycles. The number of hydrogen-bond acceptors (Lipinski definition) is 23. The number of hydrogen-bond donors (Lipinski definition) is 5. The van der Waals surface area contributed by atoms with Gasteiger partial charge in [-0.05, 0) is 174 Å². The molecular weight excluding hydrogens is 1380 g/mol. The third-order valence-corrected chi connectivity index (χ3v) is 18.8. The Bertz CT molecular complexity index is 3600. The van der Waals surface area contributed by atoms with Gasteiger partial charge in [-0.3, -0.25) is 20.2 Å². The van der Waals surface area contributed by atoms with E-state index in [1.807, 2.05) is 62.3 Å². The number of halogens is 1. The van der Waals surface area contributed by atoms with Crippen molar-refractivity contribution in [2.24, 2.45) is 5.73 Å². The molecule has 4 aromatic rings. The molecule has 5 fully saturated rings. The van der Waals surface area contributed by atoms with Gasteiger partial charge in [0.1, 0.15) is 28.3 Å². The van der Waals surface area contributed by atoms with E-state index in [9.17, 15) is 65.8 Å². The third kappa shape index (κ3) is 29.8. The first kappa shape index (κ1) is 83.0. The van der Waals surface area contributed by atoms with Crippen molar-refractivity contribution in [2.45, 2.75) is 146 Å². The normalized spacial score (nSPS) is 16.7. The zero-order chi connectivity index (χ0) is 74.9. The molecule has 5 aliphatic rings. The summed E-state index contributed by atoms with van der Waals surface area (Å²) in [6.45, 7) is 23.1. The molecule has 7 N–H and O–H groups in total. The first-order valence-electron chi connectivity index (χ1n) is 32.5. The van der Waals surface area contributed by atoms with Crippen LogP contribution in [0.15, 0.2) is 107 Å². The summed E-state index contributed by atoms with van der Waals surface area (Å²) in [6.07, 6.45) is 2.64. The fourth-order valence-electron chi connectivity index (χ4n) is 9.72. The van der Waals surface area contributed by atoms with E-state index in [0.29, 0.717) is 116 Å². The minimum absolute atomic E-state index is 0.0605. The number of anilines is 2. The van der Waals surface area contributed by atoms with Crippen molar-refractivity contribution in [3.05, 3.63) is 117 Å². The number of piperidine rings is 3. The number of likely N-dealkylation sites (tertiary alicyclic amines) is 3. The van der Waals surface area contributed by atoms with Gasteiger partial charge in [-0.25, -0.2) is 45.6 Å². The molecule has 33 nitrogen and oxygen atoms in total. The number of nitro benzene ring substituents is 2. The molecule has 101 heavy (non-hydrogen) atoms. The van der Waals surface area contributed by atoms with E-state index in [-0.39, 0.29) is 75.1 Å². The highest BCUT2D eigenvalue weighted by atomic mass is 35.5. The van der Waals surface area contributed by atoms with Crippen LogP contribution in [0, 0.1) is 20.2 Å². The maximum absolute atomic E-state index is 12.7. The van der Waals surface area contributed by atoms with E-state index in [0.717, 1.165) is 25.9 Å². The predicted molar refractivity (Wildman–Crippen MR) is 373 cm³/mol. The highest BCUT2D eigenvalue weighted by molar-refractivity contribution is 7.89. The summed E-state index contributed by atoms with van der Waals surface area (Å²) in [5, 5.41) is 29.2. The molecule has 4 aromatic carbocycles. The Labute approximate surface area is 593 Å². The lowest BCUT2D eigenvalue weighted by molar-refractivity contribution is -0.385. The topological polar surface area (TPSA) is 426 Å². The molecule has 0 unspecified atom stereocenters. The molecule has 0 bridgehead atoms. The van der Waals surface area contributed by atoms with Gasteiger partial charge in [0.15, 0.2) is 0 Å². The Morgan fingerprint density at radius 1 is 0.495 bits per heavy atom. The Balaban J connectivity index is 0.000000238. The van der Waals surface area contributed by atoms with Crippen LogP contribution in [0.3, 0.4) is 0 Å². The maximum atomic E-state index is 12.7. The number of urea groups is 1. The fourth-order valence-corrected chi connectivity index (χ4v) is 12.6. The molecule has 0 aliphatic carbocycles. The number of nitrogen functional groups attached to an aromatic ring is 1. The second-order valence-electron chi connectivity index (χ2n) is 26.4. The fraction of sp³-hybridized carbons (Fsp3) is 0.538. The summed E-state index contributed by atoms with van der Waals surface area (Å²) in [5.74, 6) is 0.393. The number of amides is 6. The second kappa shape index (κ2) is 38.4. The van der Waals surface area contributed by atoms with Gasteiger partial charge < -0.3 is 75.3 Å². The zero-order valence-corrected chi connectivity index (χ0v) is 60.6. The van der Waals surface area contributed by atoms with Gasteiger partial charge in [0.2, 0.25) is 20.0 Å². The van der Waals surface area contributed by atoms with Crippen molar-refractivity contribution in [2.75, 3.05) is 103 Å². The van der Waals surface area contributed by atoms with E-state index >= 15 is 0 Å². The van der Waals surface area contributed by atoms with Crippen molar-refractivity contribution < 1.29 is 88.6 Å². The molecule has 6 amide bonds. The standard InChI is InChI=1S/C21H32N4O6S.C17H23N3O6.C10H14N2O3S.C10H20N2O2.C7H4ClNO4/c1-21(2,3)31-20(27)24-10-8-17(9-11-24)23-19(26)22-16-4-6-18(7-5-16)32(28,29)25-12-14-30-15-13-25;1-17(2,3)26-16(22)19-10-8-12(9-11-19)18-15(21)25-14-6-4-13(5-7-14)20(23)24;11-9-1-3-10(4-2-9)16(13,14)12-5-7-15-8-6-12;1-10(2,3)14-9(13)12-6-4-8(11)5-7-12;8-7(10)13-6-3-1-5(2-4-6)9(11)12/h4-7,17H,8-15H2,1-3H3,(H2,22,23,26);4-7,12H,8-11H2,1-3H3,(H,18,21);1-4H,5-8,11H2;8H,4-7,11H2,1-3H3;1-4H. The summed E-state index contributed by atoms with van der Waals surface area (Å²) >= 11 is 4.92. The van der Waals surface area contributed by atoms with Gasteiger partial charge in [-0.1, -0.05) is 0 Å². The van der Waals surface area contributed by atoms with Crippen molar-refractivity contribution in [1.29, 1.82) is 0 Å². The largest absolute Gasteiger partial charge is 0.444 e. The minimum Gasteiger partial charge on any atom is -0.444 e. The lowest BCUT2D eigenvalue weighted by Gasteiger charge is -2.33. The van der Waals surface area contributed by atoms with E-state index in [2.05, 4.69) is 20.7 Å². The Hall–Kier alpha value is -8.71. The molecule has 5 heterocycles. The van der Waals surface area contributed by atoms with Crippen LogP contribution in [0.4, 0.5) is 51.5 Å². The summed E-state index contributed by atoms with van der Waals surface area (Å²) in [7, 11) is -6.95. The van der Waals surface area contributed by atoms with E-state index in [1.165, 1.54) is 81.4 Å². The number of nitrogens with two attached hydrogens (primary N) is 2. The number of nitrogens with zero attached hydrogens (tertiary/aromatic N) is 7. The number of morpholine rings is 2. The van der Waals surface area contributed by atoms with Crippen LogP contribution in [0.5, 0.6) is 11.5 Å². The number of carbonyl (C=O) groups excluding carboxylic acids is 6. The highest BCUT2D eigenvalue weighted by Crippen LogP contribution is 2.25. The SMILES string of the molecule is CC(C)(C)OC(=O)N1CCC(N)CC1.CC(C)(C)OC(=O)N1CCC(NC(=O)Nc2ccc(S(=O)(=O)N3CCOCC3)cc2)CC1.CC(C)(C)OC(=O)N1CCC(NC(=O)Oc2ccc([N+](=O)[O-])cc2)CC1.Nc1ccc(S(=O)(=O)N2CCOCC2)cc1.O=C(Cl)Oc1ccc([N+](=O)[O-])cc1. The summed E-state index contributed by atoms with van der Waals surface area (Å²) in [5.41, 5.74) is 9.70. The number of ether oxygens (including phenoxy) is 7. The number of nitrogens with one attached hydrogen (secondary N) is 3. The summed E-state index contributed by atoms with van der Waals surface area (Å²) < 4.78 is 88.3. The lowest BCUT2D eigenvalue weighted by Crippen LogP contribution is -2.48. The monoisotopic (exact) mass is 1480 g/mol. The number of benzene rings is 4. The predicted octanol–water partition coefficient (Wildman–Crippen LogP) is 9.28. The number of carbonyl (C=O) groups is 6. The van der Waals surface area contributed by atoms with Gasteiger partial charge >= 0.3 is 35.8 Å². The van der Waals surface area contributed by atoms with Crippen LogP contribution in [0.25, 0.3) is 0 Å². The molecule has 0 spiro atoms. The smallest absolute Gasteiger partial charge is 0.412 e. The molecule has 0 atom stereocenters. The first-order chi connectivity index (χ1) is 47.3. The van der Waals surface area contributed by atoms with Crippen molar-refractivity contribution in [3.8, 4) is 11.5 Å². The molecular formula is C65H93ClN12O21S2. The van der Waals surface area contributed by atoms with Gasteiger partial charge in [0.25, 0.3) is 11.4 Å². The molecule has 0 aromatic heterocycles. The molecule has 0 saturated carbocycles. The molecule has 9 rings (SSSR count). The second-order valence-corrected chi connectivity index (χ2v) is 30.6. The van der Waals surface area contributed by atoms with Crippen molar-refractivity contribution in [1.82, 2.24) is 33.9 Å². The number of nitro groups is 2. The van der Waals surface area contributed by atoms with Crippen LogP contribution >= 0.6 is 11.6 Å². The van der Waals surface area contributed by atoms with Gasteiger partial charge in [-0.2, -0.15) is 8.61 Å². The maximum Gasteiger partial charge on any atom is 0.412 e. The average Bonchev–Trinajstić information content (AvgIpc) is 0.814. The van der Waals surface area contributed by atoms with Gasteiger partial charge in [0, 0.05) is 131 Å². The zero-order valence-electron chi connectivity index (χ0n) is 58.2. The van der Waals surface area contributed by atoms with Crippen molar-refractivity contribution in [3.63, 3.8) is 0 Å². The van der Waals surface area contributed by atoms with E-state index < -0.39 is 58.2 Å². The van der Waals surface area contributed by atoms with Crippen LogP contribution in [-0.2, 0) is 43.7 Å². The van der Waals surface area contributed by atoms with Crippen LogP contribution in [-0.4, -0.2) is 213 Å². The molecule has 36 heteroatoms. The van der Waals surface area contributed by atoms with Gasteiger partial charge in [0.05, 0.1) is 46.1 Å².